The first-order valence-electron chi connectivity index (χ1n) is 8.02. The lowest BCUT2D eigenvalue weighted by atomic mass is 9.91. The summed E-state index contributed by atoms with van der Waals surface area (Å²) in [7, 11) is 0. The molecule has 0 aromatic rings. The summed E-state index contributed by atoms with van der Waals surface area (Å²) in [6.07, 6.45) is 2.06. The Hall–Kier alpha value is -1.10. The molecule has 21 heavy (non-hydrogen) atoms. The topological polar surface area (TPSA) is 69.6 Å². The van der Waals surface area contributed by atoms with Crippen molar-refractivity contribution < 1.29 is 14.7 Å². The number of aliphatic hydroxyl groups is 1. The van der Waals surface area contributed by atoms with E-state index in [2.05, 4.69) is 5.32 Å². The monoisotopic (exact) mass is 298 g/mol. The standard InChI is InChI=1S/C16H30N2O3/c1-11(2)7-15(20)18-9-13(5-6-19)8-14(10-18)17-16(21)12(3)4/h11-14,19H,5-10H2,1-4H3,(H,17,21). The molecule has 1 fully saturated rings. The smallest absolute Gasteiger partial charge is 0.222 e. The molecule has 0 aromatic heterocycles. The predicted octanol–water partition coefficient (Wildman–Crippen LogP) is 1.40. The van der Waals surface area contributed by atoms with Crippen LogP contribution in [0.4, 0.5) is 0 Å². The van der Waals surface area contributed by atoms with Crippen LogP contribution in [0.2, 0.25) is 0 Å². The predicted molar refractivity (Wildman–Crippen MR) is 82.6 cm³/mol. The van der Waals surface area contributed by atoms with Crippen LogP contribution in [0.1, 0.15) is 47.0 Å². The molecule has 5 nitrogen and oxygen atoms in total. The second kappa shape index (κ2) is 8.37. The number of aliphatic hydroxyl groups excluding tert-OH is 1. The van der Waals surface area contributed by atoms with Crippen molar-refractivity contribution in [1.82, 2.24) is 10.2 Å². The number of likely N-dealkylation sites (tertiary alicyclic amines) is 1. The number of hydrogen-bond acceptors (Lipinski definition) is 3. The van der Waals surface area contributed by atoms with Crippen LogP contribution in [0, 0.1) is 17.8 Å². The van der Waals surface area contributed by atoms with E-state index in [4.69, 9.17) is 5.11 Å². The summed E-state index contributed by atoms with van der Waals surface area (Å²) in [5.41, 5.74) is 0. The quantitative estimate of drug-likeness (QED) is 0.779. The molecule has 5 heteroatoms. The average molecular weight is 298 g/mol. The molecule has 1 saturated heterocycles. The summed E-state index contributed by atoms with van der Waals surface area (Å²) in [5, 5.41) is 12.2. The Labute approximate surface area is 128 Å². The first-order chi connectivity index (χ1) is 9.83. The molecule has 2 N–H and O–H groups in total. The van der Waals surface area contributed by atoms with Crippen molar-refractivity contribution in [2.24, 2.45) is 17.8 Å². The molecular weight excluding hydrogens is 268 g/mol. The highest BCUT2D eigenvalue weighted by Crippen LogP contribution is 2.21. The fraction of sp³-hybridized carbons (Fsp3) is 0.875. The van der Waals surface area contributed by atoms with Crippen LogP contribution in [0.15, 0.2) is 0 Å². The molecule has 2 amide bonds. The zero-order chi connectivity index (χ0) is 16.0. The van der Waals surface area contributed by atoms with E-state index in [-0.39, 0.29) is 36.3 Å². The Kier molecular flexibility index (Phi) is 7.15. The van der Waals surface area contributed by atoms with Gasteiger partial charge in [-0.2, -0.15) is 0 Å². The molecule has 1 aliphatic rings. The fourth-order valence-electron chi connectivity index (χ4n) is 2.75. The van der Waals surface area contributed by atoms with E-state index in [0.29, 0.717) is 31.8 Å². The van der Waals surface area contributed by atoms with Gasteiger partial charge in [0.2, 0.25) is 11.8 Å². The van der Waals surface area contributed by atoms with E-state index < -0.39 is 0 Å². The highest BCUT2D eigenvalue weighted by atomic mass is 16.3. The normalized spacial score (nSPS) is 22.7. The molecule has 1 aliphatic heterocycles. The van der Waals surface area contributed by atoms with Crippen molar-refractivity contribution >= 4 is 11.8 Å². The Morgan fingerprint density at radius 3 is 2.43 bits per heavy atom. The number of nitrogens with one attached hydrogen (secondary N) is 1. The van der Waals surface area contributed by atoms with E-state index in [9.17, 15) is 9.59 Å². The van der Waals surface area contributed by atoms with Gasteiger partial charge in [-0.3, -0.25) is 9.59 Å². The number of carbonyl (C=O) groups excluding carboxylic acids is 2. The maximum absolute atomic E-state index is 12.3. The molecule has 1 rings (SSSR count). The van der Waals surface area contributed by atoms with Crippen LogP contribution in [-0.2, 0) is 9.59 Å². The molecule has 0 aromatic carbocycles. The number of hydrogen-bond donors (Lipinski definition) is 2. The summed E-state index contributed by atoms with van der Waals surface area (Å²) in [5.74, 6) is 0.720. The third-order valence-corrected chi connectivity index (χ3v) is 3.88. The second-order valence-corrected chi connectivity index (χ2v) is 6.87. The Bertz CT molecular complexity index is 355. The lowest BCUT2D eigenvalue weighted by Gasteiger charge is -2.38. The van der Waals surface area contributed by atoms with Crippen molar-refractivity contribution in [3.05, 3.63) is 0 Å². The lowest BCUT2D eigenvalue weighted by molar-refractivity contribution is -0.136. The highest BCUT2D eigenvalue weighted by molar-refractivity contribution is 5.79. The van der Waals surface area contributed by atoms with Gasteiger partial charge in [-0.05, 0) is 24.7 Å². The van der Waals surface area contributed by atoms with Gasteiger partial charge in [-0.1, -0.05) is 27.7 Å². The summed E-state index contributed by atoms with van der Waals surface area (Å²) in [6.45, 7) is 9.21. The summed E-state index contributed by atoms with van der Waals surface area (Å²) >= 11 is 0. The van der Waals surface area contributed by atoms with Gasteiger partial charge in [0, 0.05) is 38.1 Å². The Morgan fingerprint density at radius 1 is 1.24 bits per heavy atom. The summed E-state index contributed by atoms with van der Waals surface area (Å²) in [6, 6.07) is 0.00122. The van der Waals surface area contributed by atoms with Crippen molar-refractivity contribution in [1.29, 1.82) is 0 Å². The number of amides is 2. The van der Waals surface area contributed by atoms with Crippen LogP contribution in [0.5, 0.6) is 0 Å². The minimum absolute atomic E-state index is 0.00122. The third kappa shape index (κ3) is 6.04. The SMILES string of the molecule is CC(C)CC(=O)N1CC(CCO)CC(NC(=O)C(C)C)C1. The maximum Gasteiger partial charge on any atom is 0.222 e. The molecule has 0 saturated carbocycles. The van der Waals surface area contributed by atoms with Crippen molar-refractivity contribution in [2.45, 2.75) is 53.0 Å². The molecule has 0 aliphatic carbocycles. The molecule has 1 heterocycles. The lowest BCUT2D eigenvalue weighted by Crippen LogP contribution is -2.53. The maximum atomic E-state index is 12.3. The highest BCUT2D eigenvalue weighted by Gasteiger charge is 2.30. The molecular formula is C16H30N2O3. The first kappa shape index (κ1) is 18.0. The molecule has 122 valence electrons. The number of piperidine rings is 1. The second-order valence-electron chi connectivity index (χ2n) is 6.87. The average Bonchev–Trinajstić information content (AvgIpc) is 2.37. The minimum atomic E-state index is -0.0527. The largest absolute Gasteiger partial charge is 0.396 e. The third-order valence-electron chi connectivity index (χ3n) is 3.88. The first-order valence-corrected chi connectivity index (χ1v) is 8.02. The van der Waals surface area contributed by atoms with Gasteiger partial charge in [-0.25, -0.2) is 0 Å². The summed E-state index contributed by atoms with van der Waals surface area (Å²) < 4.78 is 0. The zero-order valence-corrected chi connectivity index (χ0v) is 13.8. The molecule has 0 radical (unpaired) electrons. The molecule has 2 atom stereocenters. The van der Waals surface area contributed by atoms with Crippen LogP contribution < -0.4 is 5.32 Å². The van der Waals surface area contributed by atoms with Gasteiger partial charge in [0.15, 0.2) is 0 Å². The fourth-order valence-corrected chi connectivity index (χ4v) is 2.75. The zero-order valence-electron chi connectivity index (χ0n) is 13.8. The van der Waals surface area contributed by atoms with Gasteiger partial charge in [0.25, 0.3) is 0 Å². The van der Waals surface area contributed by atoms with Gasteiger partial charge < -0.3 is 15.3 Å². The van der Waals surface area contributed by atoms with Crippen LogP contribution >= 0.6 is 0 Å². The Balaban J connectivity index is 2.67. The van der Waals surface area contributed by atoms with Gasteiger partial charge in [0.05, 0.1) is 0 Å². The van der Waals surface area contributed by atoms with Crippen molar-refractivity contribution in [3.8, 4) is 0 Å². The van der Waals surface area contributed by atoms with Crippen molar-refractivity contribution in [3.63, 3.8) is 0 Å². The van der Waals surface area contributed by atoms with Gasteiger partial charge >= 0.3 is 0 Å². The van der Waals surface area contributed by atoms with Crippen LogP contribution in [0.3, 0.4) is 0 Å². The summed E-state index contributed by atoms with van der Waals surface area (Å²) in [4.78, 5) is 26.0. The van der Waals surface area contributed by atoms with E-state index in [1.165, 1.54) is 0 Å². The molecule has 2 unspecified atom stereocenters. The van der Waals surface area contributed by atoms with Crippen LogP contribution in [-0.4, -0.2) is 47.6 Å². The van der Waals surface area contributed by atoms with Crippen molar-refractivity contribution in [2.75, 3.05) is 19.7 Å². The minimum Gasteiger partial charge on any atom is -0.396 e. The van der Waals surface area contributed by atoms with E-state index in [0.717, 1.165) is 6.42 Å². The van der Waals surface area contributed by atoms with E-state index >= 15 is 0 Å². The Morgan fingerprint density at radius 2 is 1.90 bits per heavy atom. The number of carbonyl (C=O) groups is 2. The number of nitrogens with zero attached hydrogens (tertiary/aromatic N) is 1. The molecule has 0 bridgehead atoms. The van der Waals surface area contributed by atoms with E-state index in [1.807, 2.05) is 32.6 Å². The van der Waals surface area contributed by atoms with Gasteiger partial charge in [-0.15, -0.1) is 0 Å². The number of rotatable bonds is 6. The van der Waals surface area contributed by atoms with E-state index in [1.54, 1.807) is 0 Å². The van der Waals surface area contributed by atoms with Crippen LogP contribution in [0.25, 0.3) is 0 Å². The van der Waals surface area contributed by atoms with Gasteiger partial charge in [0.1, 0.15) is 0 Å². The molecule has 0 spiro atoms.